The largest absolute Gasteiger partial charge is 0.436 e. The van der Waals surface area contributed by atoms with E-state index in [0.29, 0.717) is 27.7 Å². The zero-order valence-electron chi connectivity index (χ0n) is 14.1. The Morgan fingerprint density at radius 2 is 1.92 bits per heavy atom. The topological polar surface area (TPSA) is 55.1 Å². The minimum absolute atomic E-state index is 0.0489. The molecule has 3 aromatic rings. The summed E-state index contributed by atoms with van der Waals surface area (Å²) in [6.45, 7) is 7.59. The summed E-state index contributed by atoms with van der Waals surface area (Å²) in [6, 6.07) is 11.1. The maximum absolute atomic E-state index is 12.1. The molecular formula is C19H19ClN2O2. The molecule has 0 fully saturated rings. The van der Waals surface area contributed by atoms with Crippen molar-refractivity contribution in [3.05, 3.63) is 47.0 Å². The highest BCUT2D eigenvalue weighted by Gasteiger charge is 2.21. The van der Waals surface area contributed by atoms with Crippen molar-refractivity contribution in [1.29, 1.82) is 0 Å². The van der Waals surface area contributed by atoms with Crippen molar-refractivity contribution < 1.29 is 9.21 Å². The molecular weight excluding hydrogens is 324 g/mol. The Morgan fingerprint density at radius 1 is 1.17 bits per heavy atom. The zero-order valence-corrected chi connectivity index (χ0v) is 14.9. The van der Waals surface area contributed by atoms with Gasteiger partial charge in [-0.25, -0.2) is 4.98 Å². The van der Waals surface area contributed by atoms with Crippen molar-refractivity contribution in [1.82, 2.24) is 4.98 Å². The van der Waals surface area contributed by atoms with Crippen LogP contribution in [-0.2, 0) is 4.79 Å². The predicted octanol–water partition coefficient (Wildman–Crippen LogP) is 5.44. The summed E-state index contributed by atoms with van der Waals surface area (Å²) in [5, 5.41) is 3.50. The summed E-state index contributed by atoms with van der Waals surface area (Å²) in [5.74, 6) is 0.418. The van der Waals surface area contributed by atoms with Crippen LogP contribution in [0.2, 0.25) is 5.02 Å². The highest BCUT2D eigenvalue weighted by atomic mass is 35.5. The molecule has 0 saturated heterocycles. The first-order valence-electron chi connectivity index (χ1n) is 7.72. The van der Waals surface area contributed by atoms with E-state index >= 15 is 0 Å². The molecule has 3 rings (SSSR count). The number of aryl methyl sites for hydroxylation is 1. The highest BCUT2D eigenvalue weighted by Crippen LogP contribution is 2.31. The molecule has 1 heterocycles. The van der Waals surface area contributed by atoms with Crippen LogP contribution in [0.25, 0.3) is 22.6 Å². The summed E-state index contributed by atoms with van der Waals surface area (Å²) in [7, 11) is 0. The third kappa shape index (κ3) is 3.29. The first-order chi connectivity index (χ1) is 11.2. The number of amides is 1. The molecule has 0 aliphatic carbocycles. The zero-order chi connectivity index (χ0) is 17.5. The molecule has 1 N–H and O–H groups in total. The first kappa shape index (κ1) is 16.5. The van der Waals surface area contributed by atoms with E-state index in [0.717, 1.165) is 11.1 Å². The molecule has 0 unspecified atom stereocenters. The lowest BCUT2D eigenvalue weighted by Crippen LogP contribution is -2.27. The molecule has 2 aromatic carbocycles. The van der Waals surface area contributed by atoms with Gasteiger partial charge in [0.2, 0.25) is 11.8 Å². The molecule has 24 heavy (non-hydrogen) atoms. The first-order valence-corrected chi connectivity index (χ1v) is 8.10. The van der Waals surface area contributed by atoms with Crippen molar-refractivity contribution >= 4 is 34.3 Å². The predicted molar refractivity (Wildman–Crippen MR) is 97.3 cm³/mol. The van der Waals surface area contributed by atoms with Crippen LogP contribution in [-0.4, -0.2) is 10.9 Å². The van der Waals surface area contributed by atoms with Gasteiger partial charge in [-0.1, -0.05) is 38.4 Å². The van der Waals surface area contributed by atoms with Gasteiger partial charge in [0.05, 0.1) is 10.6 Å². The molecule has 4 nitrogen and oxygen atoms in total. The number of hydrogen-bond acceptors (Lipinski definition) is 3. The van der Waals surface area contributed by atoms with Crippen molar-refractivity contribution in [2.24, 2.45) is 5.41 Å². The number of carbonyl (C=O) groups is 1. The monoisotopic (exact) mass is 342 g/mol. The van der Waals surface area contributed by atoms with E-state index < -0.39 is 5.41 Å². The van der Waals surface area contributed by atoms with E-state index in [1.807, 2.05) is 45.9 Å². The molecule has 0 aliphatic rings. The van der Waals surface area contributed by atoms with E-state index in [2.05, 4.69) is 10.3 Å². The Kier molecular flexibility index (Phi) is 4.10. The summed E-state index contributed by atoms with van der Waals surface area (Å²) in [5.41, 5.74) is 3.38. The quantitative estimate of drug-likeness (QED) is 0.674. The number of halogens is 1. The lowest BCUT2D eigenvalue weighted by Gasteiger charge is -2.17. The van der Waals surface area contributed by atoms with Crippen molar-refractivity contribution in [3.63, 3.8) is 0 Å². The average Bonchev–Trinajstić information content (AvgIpc) is 2.88. The summed E-state index contributed by atoms with van der Waals surface area (Å²) >= 11 is 6.28. The third-order valence-corrected chi connectivity index (χ3v) is 3.99. The molecule has 0 saturated carbocycles. The Labute approximate surface area is 145 Å². The van der Waals surface area contributed by atoms with Gasteiger partial charge in [0.15, 0.2) is 5.58 Å². The standard InChI is InChI=1S/C19H19ClN2O2/c1-11-5-7-13(14(20)9-11)17-22-15-10-12(6-8-16(15)24-17)21-18(23)19(2,3)4/h5-10H,1-4H3,(H,21,23). The number of hydrogen-bond donors (Lipinski definition) is 1. The van der Waals surface area contributed by atoms with Crippen LogP contribution in [0.15, 0.2) is 40.8 Å². The van der Waals surface area contributed by atoms with E-state index in [9.17, 15) is 4.79 Å². The van der Waals surface area contributed by atoms with E-state index in [-0.39, 0.29) is 5.91 Å². The second kappa shape index (κ2) is 5.95. The fraction of sp³-hybridized carbons (Fsp3) is 0.263. The number of rotatable bonds is 2. The number of benzene rings is 2. The second-order valence-corrected chi connectivity index (χ2v) is 7.30. The van der Waals surface area contributed by atoms with Gasteiger partial charge >= 0.3 is 0 Å². The van der Waals surface area contributed by atoms with Crippen molar-refractivity contribution in [2.75, 3.05) is 5.32 Å². The minimum atomic E-state index is -0.459. The van der Waals surface area contributed by atoms with E-state index in [1.165, 1.54) is 0 Å². The molecule has 5 heteroatoms. The molecule has 0 atom stereocenters. The normalized spacial score (nSPS) is 11.7. The Balaban J connectivity index is 1.96. The van der Waals surface area contributed by atoms with E-state index in [4.69, 9.17) is 16.0 Å². The molecule has 0 spiro atoms. The van der Waals surface area contributed by atoms with Gasteiger partial charge in [0, 0.05) is 11.1 Å². The highest BCUT2D eigenvalue weighted by molar-refractivity contribution is 6.33. The maximum Gasteiger partial charge on any atom is 0.229 e. The number of nitrogens with zero attached hydrogens (tertiary/aromatic N) is 1. The number of anilines is 1. The molecule has 0 aliphatic heterocycles. The maximum atomic E-state index is 12.1. The number of aromatic nitrogens is 1. The minimum Gasteiger partial charge on any atom is -0.436 e. The van der Waals surface area contributed by atoms with Gasteiger partial charge in [-0.2, -0.15) is 0 Å². The molecule has 0 radical (unpaired) electrons. The SMILES string of the molecule is Cc1ccc(-c2nc3cc(NC(=O)C(C)(C)C)ccc3o2)c(Cl)c1. The van der Waals surface area contributed by atoms with Crippen LogP contribution in [0.1, 0.15) is 26.3 Å². The molecule has 0 bridgehead atoms. The van der Waals surface area contributed by atoms with Gasteiger partial charge in [-0.15, -0.1) is 0 Å². The van der Waals surface area contributed by atoms with Gasteiger partial charge in [-0.3, -0.25) is 4.79 Å². The van der Waals surface area contributed by atoms with Crippen LogP contribution in [0.3, 0.4) is 0 Å². The lowest BCUT2D eigenvalue weighted by atomic mass is 9.95. The average molecular weight is 343 g/mol. The van der Waals surface area contributed by atoms with Gasteiger partial charge in [0.25, 0.3) is 0 Å². The lowest BCUT2D eigenvalue weighted by molar-refractivity contribution is -0.123. The van der Waals surface area contributed by atoms with E-state index in [1.54, 1.807) is 18.2 Å². The Hall–Kier alpha value is -2.33. The van der Waals surface area contributed by atoms with Crippen LogP contribution in [0.5, 0.6) is 0 Å². The Bertz CT molecular complexity index is 923. The van der Waals surface area contributed by atoms with Crippen molar-refractivity contribution in [2.45, 2.75) is 27.7 Å². The van der Waals surface area contributed by atoms with Crippen LogP contribution in [0, 0.1) is 12.3 Å². The molecule has 124 valence electrons. The fourth-order valence-electron chi connectivity index (χ4n) is 2.23. The summed E-state index contributed by atoms with van der Waals surface area (Å²) in [6.07, 6.45) is 0. The Morgan fingerprint density at radius 3 is 2.58 bits per heavy atom. The third-order valence-electron chi connectivity index (χ3n) is 3.68. The number of carbonyl (C=O) groups excluding carboxylic acids is 1. The van der Waals surface area contributed by atoms with Crippen LogP contribution in [0.4, 0.5) is 5.69 Å². The van der Waals surface area contributed by atoms with Crippen molar-refractivity contribution in [3.8, 4) is 11.5 Å². The molecule has 1 aromatic heterocycles. The van der Waals surface area contributed by atoms with Crippen LogP contribution < -0.4 is 5.32 Å². The smallest absolute Gasteiger partial charge is 0.229 e. The second-order valence-electron chi connectivity index (χ2n) is 6.89. The summed E-state index contributed by atoms with van der Waals surface area (Å²) < 4.78 is 5.79. The summed E-state index contributed by atoms with van der Waals surface area (Å²) in [4.78, 5) is 16.6. The number of nitrogens with one attached hydrogen (secondary N) is 1. The van der Waals surface area contributed by atoms with Crippen LogP contribution >= 0.6 is 11.6 Å². The number of oxazole rings is 1. The van der Waals surface area contributed by atoms with Gasteiger partial charge in [-0.05, 0) is 42.8 Å². The number of fused-ring (bicyclic) bond motifs is 1. The fourth-order valence-corrected chi connectivity index (χ4v) is 2.55. The molecule has 1 amide bonds. The van der Waals surface area contributed by atoms with Gasteiger partial charge in [0.1, 0.15) is 5.52 Å². The van der Waals surface area contributed by atoms with Gasteiger partial charge < -0.3 is 9.73 Å².